The van der Waals surface area contributed by atoms with Crippen LogP contribution in [0.2, 0.25) is 0 Å². The molecule has 21 heavy (non-hydrogen) atoms. The highest BCUT2D eigenvalue weighted by atomic mass is 32.2. The SMILES string of the molecule is COCCNC(=O)[C@@H](C)Sc1cc(C(C)(C)C)ccc1C. The van der Waals surface area contributed by atoms with E-state index in [1.807, 2.05) is 6.92 Å². The van der Waals surface area contributed by atoms with Gasteiger partial charge in [0, 0.05) is 18.6 Å². The molecule has 0 aliphatic heterocycles. The first kappa shape index (κ1) is 18.1. The molecule has 1 rings (SSSR count). The summed E-state index contributed by atoms with van der Waals surface area (Å²) in [7, 11) is 1.63. The van der Waals surface area contributed by atoms with Crippen LogP contribution in [0, 0.1) is 6.92 Å². The van der Waals surface area contributed by atoms with Crippen LogP contribution in [-0.2, 0) is 14.9 Å². The van der Waals surface area contributed by atoms with E-state index in [1.165, 1.54) is 16.0 Å². The van der Waals surface area contributed by atoms with Crippen molar-refractivity contribution in [1.82, 2.24) is 5.32 Å². The normalized spacial score (nSPS) is 13.0. The second kappa shape index (κ2) is 7.85. The summed E-state index contributed by atoms with van der Waals surface area (Å²) in [6, 6.07) is 6.51. The van der Waals surface area contributed by atoms with Gasteiger partial charge in [-0.25, -0.2) is 0 Å². The van der Waals surface area contributed by atoms with E-state index in [4.69, 9.17) is 4.74 Å². The van der Waals surface area contributed by atoms with Crippen LogP contribution in [0.25, 0.3) is 0 Å². The van der Waals surface area contributed by atoms with Gasteiger partial charge in [0.25, 0.3) is 0 Å². The lowest BCUT2D eigenvalue weighted by Gasteiger charge is -2.21. The molecule has 0 fully saturated rings. The summed E-state index contributed by atoms with van der Waals surface area (Å²) < 4.78 is 4.94. The Labute approximate surface area is 132 Å². The summed E-state index contributed by atoms with van der Waals surface area (Å²) in [5.41, 5.74) is 2.62. The zero-order valence-corrected chi connectivity index (χ0v) is 14.8. The molecule has 0 heterocycles. The van der Waals surface area contributed by atoms with Crippen molar-refractivity contribution in [3.05, 3.63) is 29.3 Å². The van der Waals surface area contributed by atoms with Crippen LogP contribution in [0.1, 0.15) is 38.8 Å². The molecule has 0 aliphatic carbocycles. The second-order valence-electron chi connectivity index (χ2n) is 6.27. The van der Waals surface area contributed by atoms with E-state index < -0.39 is 0 Å². The van der Waals surface area contributed by atoms with E-state index in [0.29, 0.717) is 13.2 Å². The lowest BCUT2D eigenvalue weighted by molar-refractivity contribution is -0.120. The first-order valence-corrected chi connectivity index (χ1v) is 8.18. The number of hydrogen-bond donors (Lipinski definition) is 1. The van der Waals surface area contributed by atoms with Gasteiger partial charge in [-0.2, -0.15) is 0 Å². The minimum Gasteiger partial charge on any atom is -0.383 e. The molecule has 0 radical (unpaired) electrons. The summed E-state index contributed by atoms with van der Waals surface area (Å²) in [4.78, 5) is 13.2. The van der Waals surface area contributed by atoms with Crippen molar-refractivity contribution >= 4 is 17.7 Å². The van der Waals surface area contributed by atoms with Crippen LogP contribution in [0.5, 0.6) is 0 Å². The van der Waals surface area contributed by atoms with Gasteiger partial charge >= 0.3 is 0 Å². The molecule has 1 atom stereocenters. The minimum atomic E-state index is -0.115. The maximum absolute atomic E-state index is 12.0. The van der Waals surface area contributed by atoms with Crippen LogP contribution in [0.4, 0.5) is 0 Å². The Kier molecular flexibility index (Phi) is 6.75. The summed E-state index contributed by atoms with van der Waals surface area (Å²) >= 11 is 1.61. The minimum absolute atomic E-state index is 0.0533. The molecular weight excluding hydrogens is 282 g/mol. The molecule has 0 spiro atoms. The smallest absolute Gasteiger partial charge is 0.233 e. The van der Waals surface area contributed by atoms with Crippen molar-refractivity contribution in [2.75, 3.05) is 20.3 Å². The fourth-order valence-corrected chi connectivity index (χ4v) is 2.88. The predicted molar refractivity (Wildman–Crippen MR) is 90.1 cm³/mol. The third kappa shape index (κ3) is 5.71. The molecule has 118 valence electrons. The Morgan fingerprint density at radius 3 is 2.62 bits per heavy atom. The van der Waals surface area contributed by atoms with Gasteiger partial charge < -0.3 is 10.1 Å². The van der Waals surface area contributed by atoms with Gasteiger partial charge in [-0.3, -0.25) is 4.79 Å². The van der Waals surface area contributed by atoms with Gasteiger partial charge in [0.2, 0.25) is 5.91 Å². The Bertz CT molecular complexity index is 480. The van der Waals surface area contributed by atoms with Gasteiger partial charge in [-0.05, 0) is 36.5 Å². The molecule has 1 N–H and O–H groups in total. The molecular formula is C17H27NO2S. The molecule has 1 amide bonds. The van der Waals surface area contributed by atoms with Crippen LogP contribution in [-0.4, -0.2) is 31.4 Å². The van der Waals surface area contributed by atoms with Crippen LogP contribution >= 0.6 is 11.8 Å². The van der Waals surface area contributed by atoms with Gasteiger partial charge in [-0.1, -0.05) is 32.9 Å². The van der Waals surface area contributed by atoms with Crippen molar-refractivity contribution in [3.8, 4) is 0 Å². The summed E-state index contributed by atoms with van der Waals surface area (Å²) in [6.45, 7) is 11.7. The number of methoxy groups -OCH3 is 1. The highest BCUT2D eigenvalue weighted by molar-refractivity contribution is 8.00. The van der Waals surface area contributed by atoms with Crippen molar-refractivity contribution in [2.45, 2.75) is 50.2 Å². The molecule has 0 bridgehead atoms. The van der Waals surface area contributed by atoms with E-state index in [-0.39, 0.29) is 16.6 Å². The first-order chi connectivity index (χ1) is 9.75. The second-order valence-corrected chi connectivity index (χ2v) is 7.66. The Balaban J connectivity index is 2.75. The average Bonchev–Trinajstić information content (AvgIpc) is 2.40. The van der Waals surface area contributed by atoms with Crippen molar-refractivity contribution in [3.63, 3.8) is 0 Å². The number of ether oxygens (including phenoxy) is 1. The summed E-state index contributed by atoms with van der Waals surface area (Å²) in [6.07, 6.45) is 0. The molecule has 0 aromatic heterocycles. The fraction of sp³-hybridized carbons (Fsp3) is 0.588. The third-order valence-corrected chi connectivity index (χ3v) is 4.59. The quantitative estimate of drug-likeness (QED) is 0.645. The molecule has 1 aromatic carbocycles. The van der Waals surface area contributed by atoms with Gasteiger partial charge in [0.1, 0.15) is 0 Å². The number of thioether (sulfide) groups is 1. The van der Waals surface area contributed by atoms with Gasteiger partial charge in [-0.15, -0.1) is 11.8 Å². The molecule has 0 saturated carbocycles. The average molecular weight is 309 g/mol. The van der Waals surface area contributed by atoms with E-state index >= 15 is 0 Å². The standard InChI is InChI=1S/C17H27NO2S/c1-12-7-8-14(17(3,4)5)11-15(12)21-13(2)16(19)18-9-10-20-6/h7-8,11,13H,9-10H2,1-6H3,(H,18,19)/t13-/m1/s1. The number of carbonyl (C=O) groups is 1. The highest BCUT2D eigenvalue weighted by Crippen LogP contribution is 2.31. The van der Waals surface area contributed by atoms with E-state index in [2.05, 4.69) is 51.2 Å². The number of nitrogens with one attached hydrogen (secondary N) is 1. The molecule has 0 aliphatic rings. The Hall–Kier alpha value is -1.00. The maximum atomic E-state index is 12.0. The molecule has 3 nitrogen and oxygen atoms in total. The van der Waals surface area contributed by atoms with E-state index in [0.717, 1.165) is 0 Å². The number of rotatable bonds is 6. The zero-order chi connectivity index (χ0) is 16.0. The number of aryl methyl sites for hydroxylation is 1. The van der Waals surface area contributed by atoms with Crippen LogP contribution < -0.4 is 5.32 Å². The topological polar surface area (TPSA) is 38.3 Å². The van der Waals surface area contributed by atoms with Crippen LogP contribution in [0.3, 0.4) is 0 Å². The monoisotopic (exact) mass is 309 g/mol. The largest absolute Gasteiger partial charge is 0.383 e. The number of carbonyl (C=O) groups excluding carboxylic acids is 1. The number of hydrogen-bond acceptors (Lipinski definition) is 3. The molecule has 0 saturated heterocycles. The maximum Gasteiger partial charge on any atom is 0.233 e. The molecule has 4 heteroatoms. The van der Waals surface area contributed by atoms with Crippen molar-refractivity contribution in [2.24, 2.45) is 0 Å². The number of amides is 1. The highest BCUT2D eigenvalue weighted by Gasteiger charge is 2.18. The zero-order valence-electron chi connectivity index (χ0n) is 13.9. The first-order valence-electron chi connectivity index (χ1n) is 7.30. The van der Waals surface area contributed by atoms with Gasteiger partial charge in [0.05, 0.1) is 11.9 Å². The molecule has 0 unspecified atom stereocenters. The van der Waals surface area contributed by atoms with Crippen molar-refractivity contribution in [1.29, 1.82) is 0 Å². The third-order valence-electron chi connectivity index (χ3n) is 3.33. The lowest BCUT2D eigenvalue weighted by atomic mass is 9.87. The van der Waals surface area contributed by atoms with E-state index in [1.54, 1.807) is 18.9 Å². The lowest BCUT2D eigenvalue weighted by Crippen LogP contribution is -2.33. The molecule has 1 aromatic rings. The Morgan fingerprint density at radius 2 is 2.05 bits per heavy atom. The summed E-state index contributed by atoms with van der Waals surface area (Å²) in [5, 5.41) is 2.77. The van der Waals surface area contributed by atoms with Crippen LogP contribution in [0.15, 0.2) is 23.1 Å². The fourth-order valence-electron chi connectivity index (χ4n) is 1.86. The predicted octanol–water partition coefficient (Wildman–Crippen LogP) is 3.54. The van der Waals surface area contributed by atoms with Crippen molar-refractivity contribution < 1.29 is 9.53 Å². The summed E-state index contributed by atoms with van der Waals surface area (Å²) in [5.74, 6) is 0.0533. The Morgan fingerprint density at radius 1 is 1.38 bits per heavy atom. The number of benzene rings is 1. The van der Waals surface area contributed by atoms with E-state index in [9.17, 15) is 4.79 Å². The van der Waals surface area contributed by atoms with Gasteiger partial charge in [0.15, 0.2) is 0 Å².